The predicted molar refractivity (Wildman–Crippen MR) is 69.4 cm³/mol. The number of hydrogen-bond acceptors (Lipinski definition) is 4. The first-order chi connectivity index (χ1) is 9.11. The van der Waals surface area contributed by atoms with Crippen LogP contribution in [0.3, 0.4) is 0 Å². The summed E-state index contributed by atoms with van der Waals surface area (Å²) in [5.74, 6) is -0.724. The summed E-state index contributed by atoms with van der Waals surface area (Å²) < 4.78 is 12.8. The minimum Gasteiger partial charge on any atom is -0.395 e. The Bertz CT molecular complexity index is 432. The number of aliphatic hydroxyl groups excluding tert-OH is 1. The van der Waals surface area contributed by atoms with Crippen LogP contribution in [0.5, 0.6) is 0 Å². The molecule has 0 saturated heterocycles. The van der Waals surface area contributed by atoms with Crippen LogP contribution in [-0.2, 0) is 0 Å². The summed E-state index contributed by atoms with van der Waals surface area (Å²) in [6.45, 7) is 3.16. The summed E-state index contributed by atoms with van der Waals surface area (Å²) in [4.78, 5) is 18.1. The van der Waals surface area contributed by atoms with E-state index in [4.69, 9.17) is 5.11 Å². The Kier molecular flexibility index (Phi) is 4.61. The first kappa shape index (κ1) is 14.1. The number of hydrogen-bond donors (Lipinski definition) is 1. The fraction of sp³-hybridized carbons (Fsp3) is 0.571. The highest BCUT2D eigenvalue weighted by atomic mass is 19.1. The lowest BCUT2D eigenvalue weighted by Gasteiger charge is -2.23. The fourth-order valence-corrected chi connectivity index (χ4v) is 2.20. The first-order valence-electron chi connectivity index (χ1n) is 6.62. The zero-order valence-corrected chi connectivity index (χ0v) is 11.1. The van der Waals surface area contributed by atoms with Crippen LogP contribution in [-0.4, -0.2) is 46.5 Å². The standard InChI is InChI=1S/C14H19FN2O2/c1-10(9-17(6-7-18)12-3-4-12)14(19)13-5-2-11(15)8-16-13/h2,5,8,10,12,18H,3-4,6-7,9H2,1H3. The van der Waals surface area contributed by atoms with Gasteiger partial charge in [-0.15, -0.1) is 0 Å². The predicted octanol–water partition coefficient (Wildman–Crippen LogP) is 1.50. The average molecular weight is 266 g/mol. The van der Waals surface area contributed by atoms with Gasteiger partial charge in [0.2, 0.25) is 0 Å². The molecule has 0 amide bonds. The molecule has 1 unspecified atom stereocenters. The van der Waals surface area contributed by atoms with Crippen LogP contribution in [0.25, 0.3) is 0 Å². The molecule has 0 aliphatic heterocycles. The van der Waals surface area contributed by atoms with Gasteiger partial charge in [-0.2, -0.15) is 0 Å². The van der Waals surface area contributed by atoms with Gasteiger partial charge in [0.05, 0.1) is 12.8 Å². The quantitative estimate of drug-likeness (QED) is 0.760. The van der Waals surface area contributed by atoms with Crippen molar-refractivity contribution >= 4 is 5.78 Å². The van der Waals surface area contributed by atoms with Crippen molar-refractivity contribution in [1.82, 2.24) is 9.88 Å². The van der Waals surface area contributed by atoms with Crippen LogP contribution in [0.1, 0.15) is 30.3 Å². The number of aromatic nitrogens is 1. The second-order valence-corrected chi connectivity index (χ2v) is 5.08. The highest BCUT2D eigenvalue weighted by molar-refractivity contribution is 5.95. The lowest BCUT2D eigenvalue weighted by Crippen LogP contribution is -2.35. The molecular formula is C14H19FN2O2. The number of aliphatic hydroxyl groups is 1. The second kappa shape index (κ2) is 6.21. The Morgan fingerprint density at radius 1 is 1.58 bits per heavy atom. The molecular weight excluding hydrogens is 247 g/mol. The maximum atomic E-state index is 12.8. The molecule has 104 valence electrons. The van der Waals surface area contributed by atoms with Crippen molar-refractivity contribution in [3.05, 3.63) is 29.8 Å². The second-order valence-electron chi connectivity index (χ2n) is 5.08. The Balaban J connectivity index is 1.96. The molecule has 5 heteroatoms. The van der Waals surface area contributed by atoms with E-state index in [-0.39, 0.29) is 18.3 Å². The third-order valence-electron chi connectivity index (χ3n) is 3.39. The van der Waals surface area contributed by atoms with Crippen molar-refractivity contribution < 1.29 is 14.3 Å². The van der Waals surface area contributed by atoms with Gasteiger partial charge >= 0.3 is 0 Å². The lowest BCUT2D eigenvalue weighted by molar-refractivity contribution is 0.0871. The van der Waals surface area contributed by atoms with E-state index in [1.807, 2.05) is 6.92 Å². The SMILES string of the molecule is CC(CN(CCO)C1CC1)C(=O)c1ccc(F)cn1. The van der Waals surface area contributed by atoms with E-state index < -0.39 is 5.82 Å². The van der Waals surface area contributed by atoms with E-state index in [1.165, 1.54) is 12.1 Å². The summed E-state index contributed by atoms with van der Waals surface area (Å²) in [5.41, 5.74) is 0.300. The van der Waals surface area contributed by atoms with Crippen molar-refractivity contribution in [2.75, 3.05) is 19.7 Å². The normalized spacial score (nSPS) is 16.6. The maximum Gasteiger partial charge on any atom is 0.185 e. The third kappa shape index (κ3) is 3.81. The van der Waals surface area contributed by atoms with Gasteiger partial charge in [-0.3, -0.25) is 14.7 Å². The summed E-state index contributed by atoms with van der Waals surface area (Å²) in [5, 5.41) is 9.03. The first-order valence-corrected chi connectivity index (χ1v) is 6.62. The van der Waals surface area contributed by atoms with Crippen molar-refractivity contribution in [2.24, 2.45) is 5.92 Å². The molecule has 1 aromatic heterocycles. The highest BCUT2D eigenvalue weighted by Crippen LogP contribution is 2.27. The number of rotatable bonds is 7. The van der Waals surface area contributed by atoms with Crippen LogP contribution >= 0.6 is 0 Å². The van der Waals surface area contributed by atoms with Crippen LogP contribution in [0.15, 0.2) is 18.3 Å². The molecule has 1 fully saturated rings. The van der Waals surface area contributed by atoms with Crippen LogP contribution in [0.4, 0.5) is 4.39 Å². The van der Waals surface area contributed by atoms with Crippen molar-refractivity contribution in [3.8, 4) is 0 Å². The van der Waals surface area contributed by atoms with E-state index in [0.717, 1.165) is 19.0 Å². The lowest BCUT2D eigenvalue weighted by atomic mass is 10.0. The molecule has 4 nitrogen and oxygen atoms in total. The van der Waals surface area contributed by atoms with Gasteiger partial charge < -0.3 is 5.11 Å². The summed E-state index contributed by atoms with van der Waals surface area (Å²) >= 11 is 0. The van der Waals surface area contributed by atoms with Crippen LogP contribution in [0.2, 0.25) is 0 Å². The van der Waals surface area contributed by atoms with Gasteiger partial charge in [-0.1, -0.05) is 6.92 Å². The van der Waals surface area contributed by atoms with E-state index in [0.29, 0.717) is 24.8 Å². The van der Waals surface area contributed by atoms with E-state index in [1.54, 1.807) is 0 Å². The Morgan fingerprint density at radius 3 is 2.84 bits per heavy atom. The van der Waals surface area contributed by atoms with Gasteiger partial charge in [0.25, 0.3) is 0 Å². The molecule has 1 aliphatic carbocycles. The number of nitrogens with zero attached hydrogens (tertiary/aromatic N) is 2. The molecule has 19 heavy (non-hydrogen) atoms. The van der Waals surface area contributed by atoms with Gasteiger partial charge in [-0.05, 0) is 25.0 Å². The largest absolute Gasteiger partial charge is 0.395 e. The molecule has 1 aromatic rings. The molecule has 1 atom stereocenters. The number of pyridine rings is 1. The van der Waals surface area contributed by atoms with E-state index >= 15 is 0 Å². The van der Waals surface area contributed by atoms with Crippen LogP contribution in [0, 0.1) is 11.7 Å². The zero-order chi connectivity index (χ0) is 13.8. The highest BCUT2D eigenvalue weighted by Gasteiger charge is 2.31. The Labute approximate surface area is 112 Å². The summed E-state index contributed by atoms with van der Waals surface area (Å²) in [6, 6.07) is 3.17. The van der Waals surface area contributed by atoms with E-state index in [9.17, 15) is 9.18 Å². The van der Waals surface area contributed by atoms with Crippen molar-refractivity contribution in [3.63, 3.8) is 0 Å². The molecule has 0 spiro atoms. The Morgan fingerprint density at radius 2 is 2.32 bits per heavy atom. The smallest absolute Gasteiger partial charge is 0.185 e. The van der Waals surface area contributed by atoms with Gasteiger partial charge in [0, 0.05) is 25.0 Å². The number of carbonyl (C=O) groups excluding carboxylic acids is 1. The van der Waals surface area contributed by atoms with Crippen LogP contribution < -0.4 is 0 Å². The van der Waals surface area contributed by atoms with Crippen molar-refractivity contribution in [1.29, 1.82) is 0 Å². The molecule has 1 aliphatic rings. The van der Waals surface area contributed by atoms with E-state index in [2.05, 4.69) is 9.88 Å². The molecule has 1 heterocycles. The number of Topliss-reactive ketones (excluding diaryl/α,β-unsaturated/α-hetero) is 1. The minimum atomic E-state index is -0.441. The molecule has 1 N–H and O–H groups in total. The maximum absolute atomic E-state index is 12.8. The topological polar surface area (TPSA) is 53.4 Å². The monoisotopic (exact) mass is 266 g/mol. The number of carbonyl (C=O) groups is 1. The minimum absolute atomic E-state index is 0.0800. The molecule has 2 rings (SSSR count). The number of halogens is 1. The van der Waals surface area contributed by atoms with Gasteiger partial charge in [-0.25, -0.2) is 4.39 Å². The zero-order valence-electron chi connectivity index (χ0n) is 11.1. The molecule has 0 radical (unpaired) electrons. The average Bonchev–Trinajstić information content (AvgIpc) is 3.22. The molecule has 1 saturated carbocycles. The van der Waals surface area contributed by atoms with Gasteiger partial charge in [0.1, 0.15) is 11.5 Å². The Hall–Kier alpha value is -1.33. The molecule has 0 aromatic carbocycles. The van der Waals surface area contributed by atoms with Gasteiger partial charge in [0.15, 0.2) is 5.78 Å². The molecule has 0 bridgehead atoms. The van der Waals surface area contributed by atoms with Crippen molar-refractivity contribution in [2.45, 2.75) is 25.8 Å². The fourth-order valence-electron chi connectivity index (χ4n) is 2.20. The third-order valence-corrected chi connectivity index (χ3v) is 3.39. The summed E-state index contributed by atoms with van der Waals surface area (Å²) in [6.07, 6.45) is 3.33. The number of ketones is 1. The summed E-state index contributed by atoms with van der Waals surface area (Å²) in [7, 11) is 0.